The molecule has 7 heteroatoms. The summed E-state index contributed by atoms with van der Waals surface area (Å²) < 4.78 is 28.1. The van der Waals surface area contributed by atoms with Gasteiger partial charge in [0.05, 0.1) is 0 Å². The molecule has 0 aliphatic carbocycles. The van der Waals surface area contributed by atoms with Crippen molar-refractivity contribution in [1.82, 2.24) is 14.1 Å². The van der Waals surface area contributed by atoms with Gasteiger partial charge in [-0.2, -0.15) is 9.40 Å². The van der Waals surface area contributed by atoms with E-state index in [-0.39, 0.29) is 10.7 Å². The molecule has 0 spiro atoms. The zero-order valence-corrected chi connectivity index (χ0v) is 11.5. The zero-order chi connectivity index (χ0) is 13.2. The quantitative estimate of drug-likeness (QED) is 0.891. The number of nitrogens with zero attached hydrogens (tertiary/aromatic N) is 3. The SMILES string of the molecule is CCn1cc(S(=O)(=O)N2CCCCCC2)c(N)n1. The molecule has 1 saturated heterocycles. The van der Waals surface area contributed by atoms with Gasteiger partial charge in [0, 0.05) is 25.8 Å². The molecular weight excluding hydrogens is 252 g/mol. The molecule has 0 unspecified atom stereocenters. The van der Waals surface area contributed by atoms with Gasteiger partial charge in [-0.05, 0) is 19.8 Å². The Morgan fingerprint density at radius 1 is 1.28 bits per heavy atom. The van der Waals surface area contributed by atoms with Crippen molar-refractivity contribution < 1.29 is 8.42 Å². The Bertz CT molecular complexity index is 501. The lowest BCUT2D eigenvalue weighted by Crippen LogP contribution is -2.32. The fraction of sp³-hybridized carbons (Fsp3) is 0.727. The maximum Gasteiger partial charge on any atom is 0.248 e. The fourth-order valence-corrected chi connectivity index (χ4v) is 3.78. The van der Waals surface area contributed by atoms with Crippen LogP contribution in [0.5, 0.6) is 0 Å². The van der Waals surface area contributed by atoms with Crippen molar-refractivity contribution in [2.24, 2.45) is 0 Å². The molecule has 1 aliphatic heterocycles. The monoisotopic (exact) mass is 272 g/mol. The Kier molecular flexibility index (Phi) is 3.91. The summed E-state index contributed by atoms with van der Waals surface area (Å²) in [6.45, 7) is 3.67. The number of hydrogen-bond acceptors (Lipinski definition) is 4. The zero-order valence-electron chi connectivity index (χ0n) is 10.7. The van der Waals surface area contributed by atoms with Crippen LogP contribution in [-0.2, 0) is 16.6 Å². The van der Waals surface area contributed by atoms with Gasteiger partial charge in [-0.3, -0.25) is 4.68 Å². The molecule has 1 aromatic heterocycles. The standard InChI is InChI=1S/C11H20N4O2S/c1-2-14-9-10(11(12)13-14)18(16,17)15-7-5-3-4-6-8-15/h9H,2-8H2,1H3,(H2,12,13). The Labute approximate surface area is 108 Å². The van der Waals surface area contributed by atoms with Crippen molar-refractivity contribution in [2.75, 3.05) is 18.8 Å². The van der Waals surface area contributed by atoms with Gasteiger partial charge in [0.2, 0.25) is 10.0 Å². The Morgan fingerprint density at radius 3 is 2.39 bits per heavy atom. The van der Waals surface area contributed by atoms with Crippen LogP contribution in [0.1, 0.15) is 32.6 Å². The van der Waals surface area contributed by atoms with Gasteiger partial charge >= 0.3 is 0 Å². The molecule has 0 radical (unpaired) electrons. The first-order chi connectivity index (χ1) is 8.55. The van der Waals surface area contributed by atoms with Crippen LogP contribution in [0.4, 0.5) is 5.82 Å². The fourth-order valence-electron chi connectivity index (χ4n) is 2.20. The van der Waals surface area contributed by atoms with Crippen molar-refractivity contribution in [1.29, 1.82) is 0 Å². The maximum atomic E-state index is 12.5. The number of nitrogen functional groups attached to an aromatic ring is 1. The van der Waals surface area contributed by atoms with Crippen LogP contribution in [0, 0.1) is 0 Å². The molecule has 1 fully saturated rings. The lowest BCUT2D eigenvalue weighted by Gasteiger charge is -2.18. The lowest BCUT2D eigenvalue weighted by atomic mass is 10.2. The maximum absolute atomic E-state index is 12.5. The number of rotatable bonds is 3. The van der Waals surface area contributed by atoms with Gasteiger partial charge < -0.3 is 5.73 Å². The molecule has 0 bridgehead atoms. The van der Waals surface area contributed by atoms with Crippen molar-refractivity contribution in [3.8, 4) is 0 Å². The molecule has 2 heterocycles. The van der Waals surface area contributed by atoms with E-state index in [2.05, 4.69) is 5.10 Å². The third-order valence-electron chi connectivity index (χ3n) is 3.26. The molecule has 0 saturated carbocycles. The molecule has 102 valence electrons. The predicted molar refractivity (Wildman–Crippen MR) is 69.5 cm³/mol. The van der Waals surface area contributed by atoms with Crippen molar-refractivity contribution in [3.05, 3.63) is 6.20 Å². The van der Waals surface area contributed by atoms with Crippen LogP contribution in [-0.4, -0.2) is 35.6 Å². The highest BCUT2D eigenvalue weighted by Gasteiger charge is 2.28. The van der Waals surface area contributed by atoms with Crippen LogP contribution < -0.4 is 5.73 Å². The van der Waals surface area contributed by atoms with Crippen molar-refractivity contribution in [2.45, 2.75) is 44.0 Å². The molecule has 2 rings (SSSR count). The van der Waals surface area contributed by atoms with E-state index in [1.165, 1.54) is 10.5 Å². The van der Waals surface area contributed by atoms with Gasteiger partial charge in [-0.25, -0.2) is 8.42 Å². The van der Waals surface area contributed by atoms with Gasteiger partial charge in [0.25, 0.3) is 0 Å². The highest BCUT2D eigenvalue weighted by atomic mass is 32.2. The summed E-state index contributed by atoms with van der Waals surface area (Å²) in [6, 6.07) is 0. The topological polar surface area (TPSA) is 81.2 Å². The molecule has 0 aromatic carbocycles. The minimum atomic E-state index is -3.48. The molecule has 6 nitrogen and oxygen atoms in total. The van der Waals surface area contributed by atoms with Crippen molar-refractivity contribution >= 4 is 15.8 Å². The Balaban J connectivity index is 2.31. The number of anilines is 1. The summed E-state index contributed by atoms with van der Waals surface area (Å²) in [4.78, 5) is 0.145. The first-order valence-electron chi connectivity index (χ1n) is 6.38. The van der Waals surface area contributed by atoms with Crippen LogP contribution >= 0.6 is 0 Å². The van der Waals surface area contributed by atoms with E-state index in [4.69, 9.17) is 5.73 Å². The second-order valence-corrected chi connectivity index (χ2v) is 6.46. The molecule has 18 heavy (non-hydrogen) atoms. The van der Waals surface area contributed by atoms with Crippen LogP contribution in [0.15, 0.2) is 11.1 Å². The molecule has 2 N–H and O–H groups in total. The highest BCUT2D eigenvalue weighted by Crippen LogP contribution is 2.23. The third kappa shape index (κ3) is 2.51. The minimum absolute atomic E-state index is 0.0982. The Hall–Kier alpha value is -1.08. The van der Waals surface area contributed by atoms with E-state index in [1.807, 2.05) is 6.92 Å². The highest BCUT2D eigenvalue weighted by molar-refractivity contribution is 7.89. The average molecular weight is 272 g/mol. The van der Waals surface area contributed by atoms with E-state index >= 15 is 0 Å². The summed E-state index contributed by atoms with van der Waals surface area (Å²) in [5, 5.41) is 4.00. The molecule has 0 amide bonds. The third-order valence-corrected chi connectivity index (χ3v) is 5.18. The van der Waals surface area contributed by atoms with Crippen LogP contribution in [0.2, 0.25) is 0 Å². The number of aromatic nitrogens is 2. The number of sulfonamides is 1. The molecule has 1 aliphatic rings. The second-order valence-electron chi connectivity index (χ2n) is 4.55. The van der Waals surface area contributed by atoms with Crippen LogP contribution in [0.25, 0.3) is 0 Å². The number of aryl methyl sites for hydroxylation is 1. The molecule has 1 aromatic rings. The van der Waals surface area contributed by atoms with Gasteiger partial charge in [0.15, 0.2) is 5.82 Å². The minimum Gasteiger partial charge on any atom is -0.381 e. The normalized spacial score (nSPS) is 18.7. The summed E-state index contributed by atoms with van der Waals surface area (Å²) in [5.41, 5.74) is 5.71. The van der Waals surface area contributed by atoms with E-state index in [0.29, 0.717) is 19.6 Å². The van der Waals surface area contributed by atoms with Crippen molar-refractivity contribution in [3.63, 3.8) is 0 Å². The first kappa shape index (κ1) is 13.4. The van der Waals surface area contributed by atoms with E-state index < -0.39 is 10.0 Å². The average Bonchev–Trinajstić information content (AvgIpc) is 2.55. The number of nitrogens with two attached hydrogens (primary N) is 1. The summed E-state index contributed by atoms with van der Waals surface area (Å²) in [6.07, 6.45) is 5.54. The molecular formula is C11H20N4O2S. The van der Waals surface area contributed by atoms with Gasteiger partial charge in [-0.1, -0.05) is 12.8 Å². The Morgan fingerprint density at radius 2 is 1.89 bits per heavy atom. The van der Waals surface area contributed by atoms with Crippen LogP contribution in [0.3, 0.4) is 0 Å². The number of hydrogen-bond donors (Lipinski definition) is 1. The lowest BCUT2D eigenvalue weighted by molar-refractivity contribution is 0.424. The largest absolute Gasteiger partial charge is 0.381 e. The second kappa shape index (κ2) is 5.27. The van der Waals surface area contributed by atoms with E-state index in [9.17, 15) is 8.42 Å². The molecule has 0 atom stereocenters. The van der Waals surface area contributed by atoms with E-state index in [1.54, 1.807) is 4.68 Å². The summed E-state index contributed by atoms with van der Waals surface area (Å²) in [7, 11) is -3.48. The van der Waals surface area contributed by atoms with Gasteiger partial charge in [0.1, 0.15) is 4.90 Å². The summed E-state index contributed by atoms with van der Waals surface area (Å²) in [5.74, 6) is 0.0982. The van der Waals surface area contributed by atoms with E-state index in [0.717, 1.165) is 25.7 Å². The first-order valence-corrected chi connectivity index (χ1v) is 7.83. The summed E-state index contributed by atoms with van der Waals surface area (Å²) >= 11 is 0. The predicted octanol–water partition coefficient (Wildman–Crippen LogP) is 1.05. The van der Waals surface area contributed by atoms with Gasteiger partial charge in [-0.15, -0.1) is 0 Å². The smallest absolute Gasteiger partial charge is 0.248 e.